The van der Waals surface area contributed by atoms with Crippen molar-refractivity contribution in [1.29, 1.82) is 0 Å². The minimum absolute atomic E-state index is 0.0300. The molecule has 0 atom stereocenters. The van der Waals surface area contributed by atoms with Crippen LogP contribution in [0.5, 0.6) is 5.75 Å². The molecule has 1 amide bonds. The zero-order chi connectivity index (χ0) is 15.0. The van der Waals surface area contributed by atoms with Gasteiger partial charge in [0.25, 0.3) is 0 Å². The Kier molecular flexibility index (Phi) is 6.56. The SMILES string of the molecule is CCOc1ccccc1CCC(=O)N(C)CCC(=O)O. The van der Waals surface area contributed by atoms with Gasteiger partial charge in [-0.05, 0) is 25.0 Å². The zero-order valence-corrected chi connectivity index (χ0v) is 12.0. The summed E-state index contributed by atoms with van der Waals surface area (Å²) in [5.74, 6) is -0.153. The molecule has 0 radical (unpaired) electrons. The van der Waals surface area contributed by atoms with E-state index in [1.54, 1.807) is 7.05 Å². The first-order chi connectivity index (χ1) is 9.54. The van der Waals surface area contributed by atoms with Crippen molar-refractivity contribution in [3.63, 3.8) is 0 Å². The first-order valence-corrected chi connectivity index (χ1v) is 6.71. The Morgan fingerprint density at radius 3 is 2.60 bits per heavy atom. The highest BCUT2D eigenvalue weighted by Gasteiger charge is 2.11. The lowest BCUT2D eigenvalue weighted by molar-refractivity contribution is -0.138. The number of carbonyl (C=O) groups excluding carboxylic acids is 1. The second-order valence-corrected chi connectivity index (χ2v) is 4.50. The molecule has 0 aromatic heterocycles. The quantitative estimate of drug-likeness (QED) is 0.790. The molecule has 0 saturated carbocycles. The second-order valence-electron chi connectivity index (χ2n) is 4.50. The van der Waals surface area contributed by atoms with Crippen LogP contribution in [-0.2, 0) is 16.0 Å². The fraction of sp³-hybridized carbons (Fsp3) is 0.467. The van der Waals surface area contributed by atoms with Crippen molar-refractivity contribution in [2.24, 2.45) is 0 Å². The van der Waals surface area contributed by atoms with Crippen LogP contribution in [0.2, 0.25) is 0 Å². The summed E-state index contributed by atoms with van der Waals surface area (Å²) in [6.07, 6.45) is 0.907. The summed E-state index contributed by atoms with van der Waals surface area (Å²) < 4.78 is 5.51. The summed E-state index contributed by atoms with van der Waals surface area (Å²) in [4.78, 5) is 23.8. The predicted octanol–water partition coefficient (Wildman–Crippen LogP) is 1.95. The van der Waals surface area contributed by atoms with Crippen LogP contribution in [0.3, 0.4) is 0 Å². The second kappa shape index (κ2) is 8.19. The predicted molar refractivity (Wildman–Crippen MR) is 75.8 cm³/mol. The molecule has 0 fully saturated rings. The molecule has 0 saturated heterocycles. The van der Waals surface area contributed by atoms with Gasteiger partial charge in [-0.15, -0.1) is 0 Å². The van der Waals surface area contributed by atoms with Crippen LogP contribution in [0.4, 0.5) is 0 Å². The molecule has 5 heteroatoms. The minimum Gasteiger partial charge on any atom is -0.494 e. The number of carbonyl (C=O) groups is 2. The van der Waals surface area contributed by atoms with Crippen molar-refractivity contribution in [3.05, 3.63) is 29.8 Å². The summed E-state index contributed by atoms with van der Waals surface area (Å²) in [6.45, 7) is 2.74. The number of carboxylic acids is 1. The van der Waals surface area contributed by atoms with E-state index < -0.39 is 5.97 Å². The average molecular weight is 279 g/mol. The van der Waals surface area contributed by atoms with Crippen molar-refractivity contribution < 1.29 is 19.4 Å². The molecule has 0 spiro atoms. The highest BCUT2D eigenvalue weighted by Crippen LogP contribution is 2.19. The van der Waals surface area contributed by atoms with Gasteiger partial charge in [0.2, 0.25) is 5.91 Å². The number of rotatable bonds is 8. The van der Waals surface area contributed by atoms with Gasteiger partial charge in [0.15, 0.2) is 0 Å². The monoisotopic (exact) mass is 279 g/mol. The molecule has 0 aliphatic carbocycles. The van der Waals surface area contributed by atoms with E-state index in [-0.39, 0.29) is 18.9 Å². The van der Waals surface area contributed by atoms with Crippen molar-refractivity contribution in [2.75, 3.05) is 20.2 Å². The third kappa shape index (κ3) is 5.30. The van der Waals surface area contributed by atoms with Crippen LogP contribution >= 0.6 is 0 Å². The van der Waals surface area contributed by atoms with Crippen molar-refractivity contribution in [2.45, 2.75) is 26.2 Å². The fourth-order valence-electron chi connectivity index (χ4n) is 1.83. The Morgan fingerprint density at radius 2 is 1.95 bits per heavy atom. The number of aryl methyl sites for hydroxylation is 1. The Hall–Kier alpha value is -2.04. The maximum absolute atomic E-state index is 11.9. The van der Waals surface area contributed by atoms with Gasteiger partial charge in [0.1, 0.15) is 5.75 Å². The smallest absolute Gasteiger partial charge is 0.305 e. The normalized spacial score (nSPS) is 10.1. The lowest BCUT2D eigenvalue weighted by atomic mass is 10.1. The van der Waals surface area contributed by atoms with Crippen molar-refractivity contribution >= 4 is 11.9 Å². The van der Waals surface area contributed by atoms with Crippen LogP contribution in [0, 0.1) is 0 Å². The number of aliphatic carboxylic acids is 1. The van der Waals surface area contributed by atoms with Crippen molar-refractivity contribution in [3.8, 4) is 5.75 Å². The molecule has 0 heterocycles. The van der Waals surface area contributed by atoms with E-state index in [2.05, 4.69) is 0 Å². The zero-order valence-electron chi connectivity index (χ0n) is 12.0. The van der Waals surface area contributed by atoms with Gasteiger partial charge in [-0.1, -0.05) is 18.2 Å². The summed E-state index contributed by atoms with van der Waals surface area (Å²) in [5, 5.41) is 8.59. The van der Waals surface area contributed by atoms with Gasteiger partial charge in [0.05, 0.1) is 13.0 Å². The fourth-order valence-corrected chi connectivity index (χ4v) is 1.83. The first-order valence-electron chi connectivity index (χ1n) is 6.71. The first kappa shape index (κ1) is 16.0. The number of para-hydroxylation sites is 1. The number of hydrogen-bond acceptors (Lipinski definition) is 3. The lowest BCUT2D eigenvalue weighted by Gasteiger charge is -2.16. The number of benzene rings is 1. The third-order valence-corrected chi connectivity index (χ3v) is 2.97. The molecule has 5 nitrogen and oxygen atoms in total. The molecule has 1 aromatic carbocycles. The largest absolute Gasteiger partial charge is 0.494 e. The highest BCUT2D eigenvalue weighted by atomic mass is 16.5. The molecule has 0 aliphatic heterocycles. The molecular formula is C15H21NO4. The molecular weight excluding hydrogens is 258 g/mol. The maximum Gasteiger partial charge on any atom is 0.305 e. The van der Waals surface area contributed by atoms with E-state index in [0.717, 1.165) is 11.3 Å². The van der Waals surface area contributed by atoms with Gasteiger partial charge < -0.3 is 14.7 Å². The molecule has 0 bridgehead atoms. The number of hydrogen-bond donors (Lipinski definition) is 1. The van der Waals surface area contributed by atoms with Gasteiger partial charge in [-0.2, -0.15) is 0 Å². The molecule has 1 N–H and O–H groups in total. The Morgan fingerprint density at radius 1 is 1.25 bits per heavy atom. The molecule has 1 aromatic rings. The van der Waals surface area contributed by atoms with E-state index in [4.69, 9.17) is 9.84 Å². The van der Waals surface area contributed by atoms with Gasteiger partial charge >= 0.3 is 5.97 Å². The highest BCUT2D eigenvalue weighted by molar-refractivity contribution is 5.77. The van der Waals surface area contributed by atoms with E-state index >= 15 is 0 Å². The molecule has 1 rings (SSSR count). The lowest BCUT2D eigenvalue weighted by Crippen LogP contribution is -2.29. The van der Waals surface area contributed by atoms with Crippen LogP contribution < -0.4 is 4.74 Å². The number of ether oxygens (including phenoxy) is 1. The van der Waals surface area contributed by atoms with Gasteiger partial charge in [0, 0.05) is 20.0 Å². The van der Waals surface area contributed by atoms with Crippen molar-refractivity contribution in [1.82, 2.24) is 4.90 Å². The third-order valence-electron chi connectivity index (χ3n) is 2.97. The standard InChI is InChI=1S/C15H21NO4/c1-3-20-13-7-5-4-6-12(13)8-9-14(17)16(2)11-10-15(18)19/h4-7H,3,8-11H2,1-2H3,(H,18,19). The maximum atomic E-state index is 11.9. The average Bonchev–Trinajstić information content (AvgIpc) is 2.43. The summed E-state index contributed by atoms with van der Waals surface area (Å²) >= 11 is 0. The van der Waals surface area contributed by atoms with Crippen LogP contribution in [-0.4, -0.2) is 42.1 Å². The number of carboxylic acid groups (broad SMARTS) is 1. The van der Waals surface area contributed by atoms with Gasteiger partial charge in [-0.3, -0.25) is 9.59 Å². The number of nitrogens with zero attached hydrogens (tertiary/aromatic N) is 1. The topological polar surface area (TPSA) is 66.8 Å². The Balaban J connectivity index is 2.50. The molecule has 0 unspecified atom stereocenters. The molecule has 20 heavy (non-hydrogen) atoms. The summed E-state index contributed by atoms with van der Waals surface area (Å²) in [7, 11) is 1.62. The Bertz CT molecular complexity index is 459. The van der Waals surface area contributed by atoms with Crippen LogP contribution in [0.1, 0.15) is 25.3 Å². The summed E-state index contributed by atoms with van der Waals surface area (Å²) in [5.41, 5.74) is 0.995. The minimum atomic E-state index is -0.897. The molecule has 0 aliphatic rings. The Labute approximate surface area is 119 Å². The van der Waals surface area contributed by atoms with E-state index in [0.29, 0.717) is 19.4 Å². The summed E-state index contributed by atoms with van der Waals surface area (Å²) in [6, 6.07) is 7.64. The van der Waals surface area contributed by atoms with E-state index in [9.17, 15) is 9.59 Å². The van der Waals surface area contributed by atoms with Gasteiger partial charge in [-0.25, -0.2) is 0 Å². The van der Waals surface area contributed by atoms with Crippen LogP contribution in [0.25, 0.3) is 0 Å². The van der Waals surface area contributed by atoms with Crippen LogP contribution in [0.15, 0.2) is 24.3 Å². The van der Waals surface area contributed by atoms with E-state index in [1.165, 1.54) is 4.90 Å². The molecule has 110 valence electrons. The number of amides is 1. The van der Waals surface area contributed by atoms with E-state index in [1.807, 2.05) is 31.2 Å².